The quantitative estimate of drug-likeness (QED) is 0.208. The van der Waals surface area contributed by atoms with Crippen molar-refractivity contribution in [1.29, 1.82) is 0 Å². The van der Waals surface area contributed by atoms with Crippen LogP contribution in [-0.4, -0.2) is 59.4 Å². The molecule has 2 saturated heterocycles. The summed E-state index contributed by atoms with van der Waals surface area (Å²) in [7, 11) is 0. The van der Waals surface area contributed by atoms with Crippen molar-refractivity contribution in [2.75, 3.05) is 19.7 Å². The van der Waals surface area contributed by atoms with E-state index in [4.69, 9.17) is 25.5 Å². The molecule has 0 radical (unpaired) electrons. The molecular formula is C40H43ClF3NO6. The number of aliphatic hydroxyl groups is 1. The Morgan fingerprint density at radius 1 is 1.08 bits per heavy atom. The van der Waals surface area contributed by atoms with E-state index in [2.05, 4.69) is 19.9 Å². The summed E-state index contributed by atoms with van der Waals surface area (Å²) in [6.45, 7) is 5.87. The summed E-state index contributed by atoms with van der Waals surface area (Å²) in [4.78, 5) is 29.7. The van der Waals surface area contributed by atoms with E-state index >= 15 is 0 Å². The number of benzene rings is 2. The Morgan fingerprint density at radius 2 is 1.90 bits per heavy atom. The highest BCUT2D eigenvalue weighted by Crippen LogP contribution is 2.62. The van der Waals surface area contributed by atoms with Gasteiger partial charge in [0.25, 0.3) is 0 Å². The predicted octanol–water partition coefficient (Wildman–Crippen LogP) is 9.53. The maximum absolute atomic E-state index is 14.5. The van der Waals surface area contributed by atoms with E-state index in [0.717, 1.165) is 55.0 Å². The van der Waals surface area contributed by atoms with Crippen LogP contribution in [0, 0.1) is 5.41 Å². The molecule has 3 heterocycles. The van der Waals surface area contributed by atoms with Gasteiger partial charge in [-0.3, -0.25) is 4.79 Å². The number of rotatable bonds is 5. The summed E-state index contributed by atoms with van der Waals surface area (Å²) >= 11 is 6.31. The Bertz CT molecular complexity index is 1850. The molecule has 2 aliphatic heterocycles. The number of aliphatic hydroxyl groups excluding tert-OH is 1. The number of carbonyl (C=O) groups excluding carboxylic acids is 2. The topological polar surface area (TPSA) is 89.2 Å². The van der Waals surface area contributed by atoms with Crippen LogP contribution in [0.1, 0.15) is 104 Å². The molecule has 7 nitrogen and oxygen atoms in total. The minimum atomic E-state index is -4.58. The van der Waals surface area contributed by atoms with Crippen molar-refractivity contribution >= 4 is 23.5 Å². The van der Waals surface area contributed by atoms with Crippen molar-refractivity contribution < 1.29 is 41.8 Å². The number of allylic oxidation sites excluding steroid dienone is 2. The van der Waals surface area contributed by atoms with Crippen LogP contribution >= 0.6 is 11.6 Å². The number of ether oxygens (including phenoxy) is 2. The third-order valence-corrected chi connectivity index (χ3v) is 12.0. The molecule has 3 aliphatic carbocycles. The smallest absolute Gasteiger partial charge is 0.416 e. The van der Waals surface area contributed by atoms with Crippen LogP contribution in [0.4, 0.5) is 18.0 Å². The van der Waals surface area contributed by atoms with Gasteiger partial charge in [0.2, 0.25) is 5.78 Å². The van der Waals surface area contributed by atoms with E-state index in [1.54, 1.807) is 4.90 Å². The van der Waals surface area contributed by atoms with Gasteiger partial charge in [0, 0.05) is 23.1 Å². The summed E-state index contributed by atoms with van der Waals surface area (Å²) in [5.74, 6) is -0.595. The second-order valence-electron chi connectivity index (χ2n) is 15.0. The van der Waals surface area contributed by atoms with Gasteiger partial charge >= 0.3 is 12.3 Å². The lowest BCUT2D eigenvalue weighted by Gasteiger charge is -2.43. The van der Waals surface area contributed by atoms with E-state index in [-0.39, 0.29) is 40.2 Å². The van der Waals surface area contributed by atoms with Crippen LogP contribution in [0.15, 0.2) is 64.6 Å². The van der Waals surface area contributed by atoms with Gasteiger partial charge in [-0.2, -0.15) is 13.2 Å². The Balaban J connectivity index is 1.28. The Morgan fingerprint density at radius 3 is 2.67 bits per heavy atom. The van der Waals surface area contributed by atoms with E-state index < -0.39 is 34.6 Å². The highest BCUT2D eigenvalue weighted by molar-refractivity contribution is 6.33. The summed E-state index contributed by atoms with van der Waals surface area (Å²) in [6.07, 6.45) is 2.91. The average Bonchev–Trinajstić information content (AvgIpc) is 3.89. The molecule has 2 bridgehead atoms. The molecule has 3 fully saturated rings. The third-order valence-electron chi connectivity index (χ3n) is 11.7. The molecule has 3 aromatic rings. The molecule has 1 amide bonds. The zero-order valence-electron chi connectivity index (χ0n) is 28.9. The van der Waals surface area contributed by atoms with Crippen LogP contribution < -0.4 is 0 Å². The SMILES string of the molecule is CC1=CCCC2(C)C(CCC23CN(CC2CCCO2)C(=O)O3)c2ccc(cc2C(=O)c2ccc(-c3cc(C(F)(F)F)ccc3Cl)o2)CC(O)CC1. The number of carbonyl (C=O) groups is 2. The van der Waals surface area contributed by atoms with Crippen molar-refractivity contribution in [3.8, 4) is 11.3 Å². The first kappa shape index (κ1) is 35.8. The van der Waals surface area contributed by atoms with Gasteiger partial charge in [-0.25, -0.2) is 4.79 Å². The molecule has 8 rings (SSSR count). The molecule has 1 aromatic heterocycles. The minimum absolute atomic E-state index is 0.0107. The molecule has 11 heteroatoms. The highest BCUT2D eigenvalue weighted by Gasteiger charge is 2.64. The minimum Gasteiger partial charge on any atom is -0.453 e. The number of hydrogen-bond acceptors (Lipinski definition) is 6. The molecule has 5 aliphatic rings. The monoisotopic (exact) mass is 725 g/mol. The van der Waals surface area contributed by atoms with Gasteiger partial charge in [-0.15, -0.1) is 0 Å². The molecule has 2 aromatic carbocycles. The molecule has 272 valence electrons. The number of fused-ring (bicyclic) bond motifs is 8. The zero-order chi connectivity index (χ0) is 36.1. The molecular weight excluding hydrogens is 683 g/mol. The van der Waals surface area contributed by atoms with Crippen LogP contribution in [0.2, 0.25) is 5.02 Å². The van der Waals surface area contributed by atoms with Crippen LogP contribution in [0.5, 0.6) is 0 Å². The Hall–Kier alpha value is -3.60. The fraction of sp³-hybridized carbons (Fsp3) is 0.500. The Labute approximate surface area is 300 Å². The van der Waals surface area contributed by atoms with Gasteiger partial charge in [0.15, 0.2) is 5.76 Å². The van der Waals surface area contributed by atoms with E-state index in [9.17, 15) is 27.9 Å². The maximum Gasteiger partial charge on any atom is 0.416 e. The van der Waals surface area contributed by atoms with E-state index in [0.29, 0.717) is 57.4 Å². The first-order valence-electron chi connectivity index (χ1n) is 17.8. The van der Waals surface area contributed by atoms with Crippen molar-refractivity contribution in [3.05, 3.63) is 93.2 Å². The summed E-state index contributed by atoms with van der Waals surface area (Å²) in [6, 6.07) is 11.6. The molecule has 1 N–H and O–H groups in total. The summed E-state index contributed by atoms with van der Waals surface area (Å²) in [5.41, 5.74) is 0.985. The summed E-state index contributed by atoms with van der Waals surface area (Å²) in [5, 5.41) is 11.0. The van der Waals surface area contributed by atoms with Crippen molar-refractivity contribution in [3.63, 3.8) is 0 Å². The number of nitrogens with zero attached hydrogens (tertiary/aromatic N) is 1. The second-order valence-corrected chi connectivity index (χ2v) is 15.4. The zero-order valence-corrected chi connectivity index (χ0v) is 29.6. The normalized spacial score (nSPS) is 28.5. The Kier molecular flexibility index (Phi) is 9.65. The fourth-order valence-corrected chi connectivity index (χ4v) is 9.00. The van der Waals surface area contributed by atoms with Crippen LogP contribution in [-0.2, 0) is 22.1 Å². The number of alkyl halides is 3. The van der Waals surface area contributed by atoms with Gasteiger partial charge in [0.1, 0.15) is 11.4 Å². The first-order valence-corrected chi connectivity index (χ1v) is 18.2. The van der Waals surface area contributed by atoms with Crippen molar-refractivity contribution in [2.24, 2.45) is 5.41 Å². The number of furan rings is 1. The van der Waals surface area contributed by atoms with Crippen molar-refractivity contribution in [1.82, 2.24) is 4.90 Å². The lowest BCUT2D eigenvalue weighted by Crippen LogP contribution is -2.48. The number of amides is 1. The van der Waals surface area contributed by atoms with E-state index in [1.807, 2.05) is 18.2 Å². The molecule has 1 spiro atoms. The highest BCUT2D eigenvalue weighted by atomic mass is 35.5. The van der Waals surface area contributed by atoms with Crippen LogP contribution in [0.3, 0.4) is 0 Å². The number of halogens is 4. The second kappa shape index (κ2) is 13.7. The average molecular weight is 726 g/mol. The van der Waals surface area contributed by atoms with Gasteiger partial charge in [-0.05, 0) is 118 Å². The molecule has 5 atom stereocenters. The number of hydrogen-bond donors (Lipinski definition) is 1. The molecule has 5 unspecified atom stereocenters. The lowest BCUT2D eigenvalue weighted by atomic mass is 9.65. The summed E-state index contributed by atoms with van der Waals surface area (Å²) < 4.78 is 58.9. The lowest BCUT2D eigenvalue weighted by molar-refractivity contribution is -0.137. The van der Waals surface area contributed by atoms with Gasteiger partial charge in [-0.1, -0.05) is 42.3 Å². The van der Waals surface area contributed by atoms with Crippen LogP contribution in [0.25, 0.3) is 11.3 Å². The van der Waals surface area contributed by atoms with Gasteiger partial charge < -0.3 is 23.9 Å². The number of ketones is 1. The van der Waals surface area contributed by atoms with Crippen molar-refractivity contribution in [2.45, 2.75) is 102 Å². The van der Waals surface area contributed by atoms with Gasteiger partial charge in [0.05, 0.1) is 35.9 Å². The maximum atomic E-state index is 14.5. The largest absolute Gasteiger partial charge is 0.453 e. The fourth-order valence-electron chi connectivity index (χ4n) is 8.78. The predicted molar refractivity (Wildman–Crippen MR) is 186 cm³/mol. The third kappa shape index (κ3) is 6.87. The molecule has 51 heavy (non-hydrogen) atoms. The standard InChI is InChI=1S/C40H43ClF3NO6/c1-24-5-3-16-38(2)32(15-17-39(38)23-45(37(48)51-39)22-28-6-4-18-49-28)29-11-8-25(19-27(46)10-7-24)20-30(29)36(47)35-14-13-34(50-35)31-21-26(40(42,43)44)9-12-33(31)41/h5,8-9,11-14,20-21,27-28,32,46H,3-4,6-7,10,15-19,22-23H2,1-2H3. The molecule has 1 saturated carbocycles. The first-order chi connectivity index (χ1) is 24.3. The van der Waals surface area contributed by atoms with E-state index in [1.165, 1.54) is 17.7 Å².